The van der Waals surface area contributed by atoms with Gasteiger partial charge in [0, 0.05) is 31.5 Å². The summed E-state index contributed by atoms with van der Waals surface area (Å²) in [4.78, 5) is 4.34. The summed E-state index contributed by atoms with van der Waals surface area (Å²) in [5.41, 5.74) is 3.15. The van der Waals surface area contributed by atoms with Crippen molar-refractivity contribution in [2.45, 2.75) is 19.5 Å². The molecule has 0 saturated heterocycles. The number of ether oxygens (including phenoxy) is 2. The first-order chi connectivity index (χ1) is 14.1. The van der Waals surface area contributed by atoms with E-state index in [1.165, 1.54) is 0 Å². The van der Waals surface area contributed by atoms with Gasteiger partial charge in [-0.2, -0.15) is 5.10 Å². The molecule has 0 aliphatic rings. The Morgan fingerprint density at radius 3 is 2.69 bits per heavy atom. The normalized spacial score (nSPS) is 12.3. The maximum Gasteiger partial charge on any atom is 0.191 e. The minimum absolute atomic E-state index is 0.0262. The Bertz CT molecular complexity index is 954. The van der Waals surface area contributed by atoms with Crippen molar-refractivity contribution in [2.75, 3.05) is 21.3 Å². The number of nitrogens with one attached hydrogen (secondary N) is 2. The number of guanidine groups is 1. The van der Waals surface area contributed by atoms with Gasteiger partial charge in [-0.3, -0.25) is 4.99 Å². The predicted octanol–water partition coefficient (Wildman–Crippen LogP) is 3.32. The average molecular weight is 393 g/mol. The van der Waals surface area contributed by atoms with Gasteiger partial charge in [-0.1, -0.05) is 12.1 Å². The van der Waals surface area contributed by atoms with Crippen molar-refractivity contribution >= 4 is 5.96 Å². The number of methoxy groups -OCH3 is 2. The maximum atomic E-state index is 5.49. The maximum absolute atomic E-state index is 5.49. The van der Waals surface area contributed by atoms with Crippen LogP contribution >= 0.6 is 0 Å². The third kappa shape index (κ3) is 5.07. The lowest BCUT2D eigenvalue weighted by atomic mass is 10.1. The van der Waals surface area contributed by atoms with Gasteiger partial charge in [0.25, 0.3) is 0 Å². The van der Waals surface area contributed by atoms with Crippen LogP contribution in [-0.2, 0) is 6.54 Å². The van der Waals surface area contributed by atoms with E-state index in [2.05, 4.69) is 39.8 Å². The highest BCUT2D eigenvalue weighted by Crippen LogP contribution is 2.29. The smallest absolute Gasteiger partial charge is 0.191 e. The molecule has 0 aliphatic carbocycles. The minimum Gasteiger partial charge on any atom is -0.497 e. The van der Waals surface area contributed by atoms with Crippen molar-refractivity contribution in [2.24, 2.45) is 4.99 Å². The Hall–Kier alpha value is -3.48. The molecular formula is C22H27N5O2. The molecule has 0 radical (unpaired) electrons. The fraction of sp³-hybridized carbons (Fsp3) is 0.273. The standard InChI is InChI=1S/C22H27N5O2/c1-16(20-14-19(28-3)9-10-21(20)29-4)26-22(23-2)24-15-17-7-5-8-18(13-17)27-12-6-11-25-27/h5-14,16H,15H2,1-4H3,(H2,23,24,26). The molecule has 29 heavy (non-hydrogen) atoms. The highest BCUT2D eigenvalue weighted by molar-refractivity contribution is 5.80. The van der Waals surface area contributed by atoms with Gasteiger partial charge >= 0.3 is 0 Å². The van der Waals surface area contributed by atoms with Gasteiger partial charge < -0.3 is 20.1 Å². The van der Waals surface area contributed by atoms with Crippen molar-refractivity contribution in [1.29, 1.82) is 0 Å². The minimum atomic E-state index is -0.0262. The summed E-state index contributed by atoms with van der Waals surface area (Å²) in [6, 6.07) is 15.9. The zero-order chi connectivity index (χ0) is 20.6. The molecule has 0 saturated carbocycles. The van der Waals surface area contributed by atoms with Crippen LogP contribution in [0.5, 0.6) is 11.5 Å². The SMILES string of the molecule is CN=C(NCc1cccc(-n2cccn2)c1)NC(C)c1cc(OC)ccc1OC. The molecule has 3 rings (SSSR count). The molecular weight excluding hydrogens is 366 g/mol. The van der Waals surface area contributed by atoms with Gasteiger partial charge in [-0.25, -0.2) is 4.68 Å². The van der Waals surface area contributed by atoms with E-state index < -0.39 is 0 Å². The van der Waals surface area contributed by atoms with E-state index in [-0.39, 0.29) is 6.04 Å². The van der Waals surface area contributed by atoms with E-state index in [0.717, 1.165) is 28.3 Å². The van der Waals surface area contributed by atoms with Crippen molar-refractivity contribution in [1.82, 2.24) is 20.4 Å². The van der Waals surface area contributed by atoms with Gasteiger partial charge in [-0.15, -0.1) is 0 Å². The quantitative estimate of drug-likeness (QED) is 0.476. The largest absolute Gasteiger partial charge is 0.497 e. The summed E-state index contributed by atoms with van der Waals surface area (Å²) in [5, 5.41) is 11.0. The number of nitrogens with zero attached hydrogens (tertiary/aromatic N) is 3. The molecule has 0 aliphatic heterocycles. The van der Waals surface area contributed by atoms with Gasteiger partial charge in [-0.05, 0) is 48.9 Å². The van der Waals surface area contributed by atoms with E-state index >= 15 is 0 Å². The van der Waals surface area contributed by atoms with Crippen LogP contribution in [0.1, 0.15) is 24.1 Å². The highest BCUT2D eigenvalue weighted by atomic mass is 16.5. The molecule has 7 heteroatoms. The monoisotopic (exact) mass is 393 g/mol. The van der Waals surface area contributed by atoms with Crippen LogP contribution in [0, 0.1) is 0 Å². The summed E-state index contributed by atoms with van der Waals surface area (Å²) >= 11 is 0. The summed E-state index contributed by atoms with van der Waals surface area (Å²) in [5.74, 6) is 2.29. The molecule has 152 valence electrons. The molecule has 1 unspecified atom stereocenters. The second-order valence-electron chi connectivity index (χ2n) is 6.52. The zero-order valence-electron chi connectivity index (χ0n) is 17.2. The summed E-state index contributed by atoms with van der Waals surface area (Å²) < 4.78 is 12.7. The van der Waals surface area contributed by atoms with Crippen LogP contribution in [-0.4, -0.2) is 37.0 Å². The number of hydrogen-bond donors (Lipinski definition) is 2. The zero-order valence-corrected chi connectivity index (χ0v) is 17.2. The predicted molar refractivity (Wildman–Crippen MR) is 115 cm³/mol. The summed E-state index contributed by atoms with van der Waals surface area (Å²) in [6.07, 6.45) is 3.70. The lowest BCUT2D eigenvalue weighted by molar-refractivity contribution is 0.394. The van der Waals surface area contributed by atoms with Crippen LogP contribution in [0.2, 0.25) is 0 Å². The molecule has 0 spiro atoms. The average Bonchev–Trinajstić information content (AvgIpc) is 3.31. The number of aromatic nitrogens is 2. The second kappa shape index (κ2) is 9.64. The molecule has 1 heterocycles. The number of hydrogen-bond acceptors (Lipinski definition) is 4. The van der Waals surface area contributed by atoms with Crippen molar-refractivity contribution < 1.29 is 9.47 Å². The third-order valence-corrected chi connectivity index (χ3v) is 4.62. The van der Waals surface area contributed by atoms with Gasteiger partial charge in [0.15, 0.2) is 5.96 Å². The van der Waals surface area contributed by atoms with E-state index in [1.807, 2.05) is 47.3 Å². The number of aliphatic imine (C=N–C) groups is 1. The van der Waals surface area contributed by atoms with E-state index in [0.29, 0.717) is 12.5 Å². The Morgan fingerprint density at radius 2 is 2.00 bits per heavy atom. The summed E-state index contributed by atoms with van der Waals surface area (Å²) in [6.45, 7) is 2.69. The van der Waals surface area contributed by atoms with Gasteiger partial charge in [0.2, 0.25) is 0 Å². The first-order valence-electron chi connectivity index (χ1n) is 9.42. The second-order valence-corrected chi connectivity index (χ2v) is 6.52. The van der Waals surface area contributed by atoms with Crippen LogP contribution in [0.15, 0.2) is 65.9 Å². The van der Waals surface area contributed by atoms with E-state index in [9.17, 15) is 0 Å². The topological polar surface area (TPSA) is 72.7 Å². The van der Waals surface area contributed by atoms with Crippen LogP contribution < -0.4 is 20.1 Å². The van der Waals surface area contributed by atoms with E-state index in [1.54, 1.807) is 27.5 Å². The number of benzene rings is 2. The molecule has 1 aromatic heterocycles. The molecule has 2 N–H and O–H groups in total. The van der Waals surface area contributed by atoms with Crippen molar-refractivity contribution in [3.8, 4) is 17.2 Å². The van der Waals surface area contributed by atoms with Crippen molar-refractivity contribution in [3.05, 3.63) is 72.1 Å². The first-order valence-corrected chi connectivity index (χ1v) is 9.42. The lowest BCUT2D eigenvalue weighted by Gasteiger charge is -2.21. The number of rotatable bonds is 7. The Kier molecular flexibility index (Phi) is 6.73. The van der Waals surface area contributed by atoms with Gasteiger partial charge in [0.1, 0.15) is 11.5 Å². The first kappa shape index (κ1) is 20.3. The molecule has 3 aromatic rings. The fourth-order valence-corrected chi connectivity index (χ4v) is 3.07. The molecule has 0 amide bonds. The third-order valence-electron chi connectivity index (χ3n) is 4.62. The molecule has 0 bridgehead atoms. The molecule has 2 aromatic carbocycles. The molecule has 7 nitrogen and oxygen atoms in total. The Labute approximate surface area is 171 Å². The van der Waals surface area contributed by atoms with E-state index in [4.69, 9.17) is 9.47 Å². The van der Waals surface area contributed by atoms with Crippen LogP contribution in [0.3, 0.4) is 0 Å². The fourth-order valence-electron chi connectivity index (χ4n) is 3.07. The highest BCUT2D eigenvalue weighted by Gasteiger charge is 2.14. The molecule has 0 fully saturated rings. The molecule has 1 atom stereocenters. The van der Waals surface area contributed by atoms with Crippen LogP contribution in [0.4, 0.5) is 0 Å². The lowest BCUT2D eigenvalue weighted by Crippen LogP contribution is -2.38. The van der Waals surface area contributed by atoms with Crippen molar-refractivity contribution in [3.63, 3.8) is 0 Å². The summed E-state index contributed by atoms with van der Waals surface area (Å²) in [7, 11) is 5.07. The van der Waals surface area contributed by atoms with Gasteiger partial charge in [0.05, 0.1) is 25.9 Å². The van der Waals surface area contributed by atoms with Crippen LogP contribution in [0.25, 0.3) is 5.69 Å². The Balaban J connectivity index is 1.66. The Morgan fingerprint density at radius 1 is 1.14 bits per heavy atom.